The highest BCUT2D eigenvalue weighted by Gasteiger charge is 2.19. The molecule has 2 aromatic heterocycles. The molecule has 2 rings (SSSR count). The van der Waals surface area contributed by atoms with Gasteiger partial charge in [-0.15, -0.1) is 22.7 Å². The Hall–Kier alpha value is 0.360. The van der Waals surface area contributed by atoms with Gasteiger partial charge in [0.25, 0.3) is 0 Å². The monoisotopic (exact) mass is 770 g/mol. The van der Waals surface area contributed by atoms with Gasteiger partial charge in [-0.2, -0.15) is 0 Å². The lowest BCUT2D eigenvalue weighted by Gasteiger charge is -2.17. The van der Waals surface area contributed by atoms with E-state index in [1.165, 1.54) is 184 Å². The molecule has 0 aliphatic heterocycles. The lowest BCUT2D eigenvalue weighted by molar-refractivity contribution is 0.402. The number of unbranched alkanes of at least 4 members (excludes halogenated alkanes) is 16. The highest BCUT2D eigenvalue weighted by molar-refractivity contribution is 9.11. The van der Waals surface area contributed by atoms with Crippen LogP contribution in [0.25, 0.3) is 9.75 Å². The lowest BCUT2D eigenvalue weighted by Crippen LogP contribution is -2.05. The van der Waals surface area contributed by atoms with E-state index in [2.05, 4.69) is 71.7 Å². The second-order valence-electron chi connectivity index (χ2n) is 13.8. The molecule has 2 unspecified atom stereocenters. The topological polar surface area (TPSA) is 0 Å². The van der Waals surface area contributed by atoms with Crippen molar-refractivity contribution in [1.29, 1.82) is 0 Å². The van der Waals surface area contributed by atoms with Crippen LogP contribution in [0, 0.1) is 11.8 Å². The first-order valence-electron chi connectivity index (χ1n) is 19.1. The van der Waals surface area contributed by atoms with Gasteiger partial charge in [0, 0.05) is 9.75 Å². The molecule has 0 radical (unpaired) electrons. The van der Waals surface area contributed by atoms with Crippen molar-refractivity contribution in [2.75, 3.05) is 0 Å². The average molecular weight is 773 g/mol. The fourth-order valence-corrected chi connectivity index (χ4v) is 10.3. The van der Waals surface area contributed by atoms with Crippen molar-refractivity contribution >= 4 is 54.5 Å². The maximum atomic E-state index is 4.02. The zero-order chi connectivity index (χ0) is 31.8. The Labute approximate surface area is 299 Å². The van der Waals surface area contributed by atoms with E-state index in [-0.39, 0.29) is 0 Å². The SMILES string of the molecule is CCCCCCCCC(CCCCCC)Cc1cc(-c2cc(CC(CCCCCC)CCCCCCCC)c(Br)s2)sc1Br. The Morgan fingerprint density at radius 1 is 0.432 bits per heavy atom. The van der Waals surface area contributed by atoms with Gasteiger partial charge in [-0.3, -0.25) is 0 Å². The fourth-order valence-electron chi connectivity index (χ4n) is 6.80. The number of hydrogen-bond donors (Lipinski definition) is 0. The zero-order valence-electron chi connectivity index (χ0n) is 29.3. The Kier molecular flexibility index (Phi) is 24.3. The van der Waals surface area contributed by atoms with Gasteiger partial charge in [0.05, 0.1) is 7.57 Å². The standard InChI is InChI=1S/C40H68Br2S2/c1-5-9-13-17-19-23-27-33(25-21-15-11-7-3)29-35-31-37(43-39(35)41)38-32-36(40(42)44-38)30-34(26-22-16-12-8-4)28-24-20-18-14-10-6-2/h31-34H,5-30H2,1-4H3. The number of thiophene rings is 2. The summed E-state index contributed by atoms with van der Waals surface area (Å²) in [4.78, 5) is 2.92. The molecule has 0 fully saturated rings. The third-order valence-corrected chi connectivity index (χ3v) is 13.8. The van der Waals surface area contributed by atoms with E-state index in [4.69, 9.17) is 0 Å². The Bertz CT molecular complexity index is 869. The van der Waals surface area contributed by atoms with E-state index in [0.717, 1.165) is 11.8 Å². The first kappa shape index (κ1) is 40.5. The third-order valence-electron chi connectivity index (χ3n) is 9.64. The van der Waals surface area contributed by atoms with Crippen molar-refractivity contribution in [1.82, 2.24) is 0 Å². The van der Waals surface area contributed by atoms with Gasteiger partial charge in [0.1, 0.15) is 0 Å². The van der Waals surface area contributed by atoms with Gasteiger partial charge in [-0.25, -0.2) is 0 Å². The second kappa shape index (κ2) is 26.3. The van der Waals surface area contributed by atoms with Crippen molar-refractivity contribution in [3.05, 3.63) is 30.8 Å². The molecule has 0 saturated carbocycles. The van der Waals surface area contributed by atoms with E-state index >= 15 is 0 Å². The van der Waals surface area contributed by atoms with Crippen molar-refractivity contribution < 1.29 is 0 Å². The van der Waals surface area contributed by atoms with Gasteiger partial charge < -0.3 is 0 Å². The number of hydrogen-bond acceptors (Lipinski definition) is 2. The quantitative estimate of drug-likeness (QED) is 0.0723. The van der Waals surface area contributed by atoms with Crippen LogP contribution in [-0.2, 0) is 12.8 Å². The normalized spacial score (nSPS) is 13.1. The summed E-state index contributed by atoms with van der Waals surface area (Å²) in [5.41, 5.74) is 3.11. The largest absolute Gasteiger partial charge is 0.127 e. The van der Waals surface area contributed by atoms with Crippen LogP contribution in [0.15, 0.2) is 19.7 Å². The summed E-state index contributed by atoms with van der Waals surface area (Å²) >= 11 is 12.0. The van der Waals surface area contributed by atoms with Crippen LogP contribution >= 0.6 is 54.5 Å². The zero-order valence-corrected chi connectivity index (χ0v) is 34.1. The highest BCUT2D eigenvalue weighted by atomic mass is 79.9. The molecule has 2 aromatic rings. The van der Waals surface area contributed by atoms with Crippen molar-refractivity contribution in [3.8, 4) is 9.75 Å². The van der Waals surface area contributed by atoms with Crippen LogP contribution in [-0.4, -0.2) is 0 Å². The Morgan fingerprint density at radius 3 is 1.02 bits per heavy atom. The molecule has 0 amide bonds. The molecule has 0 aliphatic rings. The fraction of sp³-hybridized carbons (Fsp3) is 0.800. The average Bonchev–Trinajstić information content (AvgIpc) is 3.57. The van der Waals surface area contributed by atoms with Gasteiger partial charge in [0.15, 0.2) is 0 Å². The molecule has 0 bridgehead atoms. The lowest BCUT2D eigenvalue weighted by atomic mass is 9.89. The van der Waals surface area contributed by atoms with Crippen molar-refractivity contribution in [2.45, 2.75) is 195 Å². The van der Waals surface area contributed by atoms with Crippen LogP contribution in [0.3, 0.4) is 0 Å². The summed E-state index contributed by atoms with van der Waals surface area (Å²) in [6.07, 6.45) is 36.1. The van der Waals surface area contributed by atoms with Gasteiger partial charge >= 0.3 is 0 Å². The van der Waals surface area contributed by atoms with E-state index in [0.29, 0.717) is 0 Å². The molecule has 0 spiro atoms. The minimum absolute atomic E-state index is 0.831. The van der Waals surface area contributed by atoms with Crippen molar-refractivity contribution in [3.63, 3.8) is 0 Å². The summed E-state index contributed by atoms with van der Waals surface area (Å²) in [6, 6.07) is 5.07. The maximum Gasteiger partial charge on any atom is 0.0737 e. The van der Waals surface area contributed by atoms with Crippen LogP contribution in [0.1, 0.15) is 193 Å². The number of halogens is 2. The van der Waals surface area contributed by atoms with Crippen LogP contribution in [0.2, 0.25) is 0 Å². The smallest absolute Gasteiger partial charge is 0.0737 e. The third kappa shape index (κ3) is 17.5. The Balaban J connectivity index is 2.03. The Morgan fingerprint density at radius 2 is 0.705 bits per heavy atom. The van der Waals surface area contributed by atoms with Crippen LogP contribution in [0.4, 0.5) is 0 Å². The predicted octanol–water partition coefficient (Wildman–Crippen LogP) is 16.8. The molecule has 254 valence electrons. The first-order valence-corrected chi connectivity index (χ1v) is 22.3. The molecule has 0 nitrogen and oxygen atoms in total. The van der Waals surface area contributed by atoms with Gasteiger partial charge in [-0.05, 0) is 79.8 Å². The summed E-state index contributed by atoms with van der Waals surface area (Å²) < 4.78 is 2.74. The summed E-state index contributed by atoms with van der Waals surface area (Å²) in [5.74, 6) is 1.66. The van der Waals surface area contributed by atoms with Gasteiger partial charge in [0.2, 0.25) is 0 Å². The molecule has 2 heterocycles. The molecular formula is C40H68Br2S2. The maximum absolute atomic E-state index is 4.02. The van der Waals surface area contributed by atoms with E-state index in [1.807, 2.05) is 22.7 Å². The van der Waals surface area contributed by atoms with E-state index < -0.39 is 0 Å². The molecule has 4 heteroatoms. The van der Waals surface area contributed by atoms with Gasteiger partial charge in [-0.1, -0.05) is 182 Å². The van der Waals surface area contributed by atoms with Crippen LogP contribution in [0.5, 0.6) is 0 Å². The minimum atomic E-state index is 0.831. The summed E-state index contributed by atoms with van der Waals surface area (Å²) in [7, 11) is 0. The van der Waals surface area contributed by atoms with Crippen LogP contribution < -0.4 is 0 Å². The first-order chi connectivity index (χ1) is 21.5. The van der Waals surface area contributed by atoms with E-state index in [9.17, 15) is 0 Å². The van der Waals surface area contributed by atoms with E-state index in [1.54, 1.807) is 11.1 Å². The molecular weight excluding hydrogens is 704 g/mol. The summed E-state index contributed by atoms with van der Waals surface area (Å²) in [5, 5.41) is 0. The molecule has 44 heavy (non-hydrogen) atoms. The molecule has 0 aromatic carbocycles. The number of rotatable bonds is 29. The summed E-state index contributed by atoms with van der Waals surface area (Å²) in [6.45, 7) is 9.29. The molecule has 0 saturated heterocycles. The minimum Gasteiger partial charge on any atom is -0.127 e. The highest BCUT2D eigenvalue weighted by Crippen LogP contribution is 2.43. The molecule has 2 atom stereocenters. The molecule has 0 aliphatic carbocycles. The predicted molar refractivity (Wildman–Crippen MR) is 211 cm³/mol. The van der Waals surface area contributed by atoms with Crippen molar-refractivity contribution in [2.24, 2.45) is 11.8 Å². The second-order valence-corrected chi connectivity index (χ2v) is 18.5. The molecule has 0 N–H and O–H groups in total.